The molecule has 20 heavy (non-hydrogen) atoms. The van der Waals surface area contributed by atoms with Gasteiger partial charge in [0, 0.05) is 12.6 Å². The summed E-state index contributed by atoms with van der Waals surface area (Å²) < 4.78 is 10.4. The van der Waals surface area contributed by atoms with E-state index in [0.717, 1.165) is 25.9 Å². The minimum atomic E-state index is -0.0504. The third-order valence-electron chi connectivity index (χ3n) is 3.88. The lowest BCUT2D eigenvalue weighted by atomic mass is 9.84. The van der Waals surface area contributed by atoms with Gasteiger partial charge in [0.15, 0.2) is 0 Å². The van der Waals surface area contributed by atoms with Crippen molar-refractivity contribution < 1.29 is 9.26 Å². The molecule has 0 radical (unpaired) electrons. The van der Waals surface area contributed by atoms with E-state index in [0.29, 0.717) is 23.3 Å². The summed E-state index contributed by atoms with van der Waals surface area (Å²) in [5, 5.41) is 15.3. The van der Waals surface area contributed by atoms with Crippen LogP contribution < -0.4 is 10.1 Å². The van der Waals surface area contributed by atoms with Gasteiger partial charge in [0.1, 0.15) is 5.69 Å². The van der Waals surface area contributed by atoms with E-state index in [4.69, 9.17) is 9.26 Å². The van der Waals surface area contributed by atoms with E-state index in [-0.39, 0.29) is 5.41 Å². The molecule has 3 heterocycles. The molecule has 106 valence electrons. The fourth-order valence-corrected chi connectivity index (χ4v) is 2.47. The van der Waals surface area contributed by atoms with Crippen molar-refractivity contribution in [3.05, 3.63) is 18.0 Å². The molecule has 0 saturated carbocycles. The van der Waals surface area contributed by atoms with Gasteiger partial charge in [0.2, 0.25) is 17.6 Å². The number of hydrogen-bond donors (Lipinski definition) is 1. The summed E-state index contributed by atoms with van der Waals surface area (Å²) in [6.07, 6.45) is 1.98. The standard InChI is InChI=1S/C13H17N5O2/c1-3-13(6-7-14-8-13)12-15-11(18-20-12)9-4-5-10(19-2)17-16-9/h4-5,14H,3,6-8H2,1-2H3. The summed E-state index contributed by atoms with van der Waals surface area (Å²) in [5.41, 5.74) is 0.531. The zero-order valence-electron chi connectivity index (χ0n) is 11.6. The van der Waals surface area contributed by atoms with Crippen molar-refractivity contribution >= 4 is 0 Å². The van der Waals surface area contributed by atoms with Gasteiger partial charge in [0.25, 0.3) is 0 Å². The van der Waals surface area contributed by atoms with E-state index in [2.05, 4.69) is 32.6 Å². The van der Waals surface area contributed by atoms with Gasteiger partial charge < -0.3 is 14.6 Å². The molecule has 1 N–H and O–H groups in total. The normalized spacial score (nSPS) is 22.1. The molecule has 2 aromatic rings. The summed E-state index contributed by atoms with van der Waals surface area (Å²) in [6.45, 7) is 4.00. The fourth-order valence-electron chi connectivity index (χ4n) is 2.47. The van der Waals surface area contributed by atoms with E-state index >= 15 is 0 Å². The zero-order valence-corrected chi connectivity index (χ0v) is 11.6. The number of nitrogens with one attached hydrogen (secondary N) is 1. The summed E-state index contributed by atoms with van der Waals surface area (Å²) >= 11 is 0. The first kappa shape index (κ1) is 13.0. The zero-order chi connectivity index (χ0) is 14.0. The van der Waals surface area contributed by atoms with Gasteiger partial charge in [-0.05, 0) is 25.5 Å². The Kier molecular flexibility index (Phi) is 3.35. The molecule has 7 nitrogen and oxygen atoms in total. The lowest BCUT2D eigenvalue weighted by Crippen LogP contribution is -2.28. The minimum Gasteiger partial charge on any atom is -0.480 e. The molecule has 1 atom stereocenters. The molecule has 7 heteroatoms. The molecule has 2 aromatic heterocycles. The molecule has 0 aliphatic carbocycles. The van der Waals surface area contributed by atoms with E-state index in [1.54, 1.807) is 19.2 Å². The Balaban J connectivity index is 1.89. The monoisotopic (exact) mass is 275 g/mol. The van der Waals surface area contributed by atoms with Crippen LogP contribution >= 0.6 is 0 Å². The van der Waals surface area contributed by atoms with Crippen molar-refractivity contribution in [1.29, 1.82) is 0 Å². The van der Waals surface area contributed by atoms with Crippen LogP contribution in [-0.4, -0.2) is 40.5 Å². The molecule has 1 saturated heterocycles. The second-order valence-electron chi connectivity index (χ2n) is 4.94. The van der Waals surface area contributed by atoms with Gasteiger partial charge in [-0.15, -0.1) is 10.2 Å². The summed E-state index contributed by atoms with van der Waals surface area (Å²) in [4.78, 5) is 4.50. The maximum Gasteiger partial charge on any atom is 0.234 e. The maximum atomic E-state index is 5.45. The van der Waals surface area contributed by atoms with Crippen molar-refractivity contribution in [3.63, 3.8) is 0 Å². The lowest BCUT2D eigenvalue weighted by molar-refractivity contribution is 0.285. The first-order chi connectivity index (χ1) is 9.77. The van der Waals surface area contributed by atoms with Crippen LogP contribution in [0.5, 0.6) is 5.88 Å². The molecule has 3 rings (SSSR count). The first-order valence-corrected chi connectivity index (χ1v) is 6.70. The van der Waals surface area contributed by atoms with E-state index in [1.165, 1.54) is 0 Å². The van der Waals surface area contributed by atoms with Gasteiger partial charge in [-0.3, -0.25) is 0 Å². The lowest BCUT2D eigenvalue weighted by Gasteiger charge is -2.20. The smallest absolute Gasteiger partial charge is 0.234 e. The van der Waals surface area contributed by atoms with Crippen LogP contribution in [0.4, 0.5) is 0 Å². The van der Waals surface area contributed by atoms with E-state index in [9.17, 15) is 0 Å². The molecule has 0 bridgehead atoms. The number of aromatic nitrogens is 4. The summed E-state index contributed by atoms with van der Waals surface area (Å²) in [7, 11) is 1.55. The highest BCUT2D eigenvalue weighted by atomic mass is 16.5. The largest absolute Gasteiger partial charge is 0.480 e. The van der Waals surface area contributed by atoms with Gasteiger partial charge in [-0.2, -0.15) is 4.98 Å². The maximum absolute atomic E-state index is 5.45. The Labute approximate surface area is 116 Å². The average Bonchev–Trinajstić information content (AvgIpc) is 3.17. The molecule has 0 amide bonds. The number of ether oxygens (including phenoxy) is 1. The van der Waals surface area contributed by atoms with Crippen molar-refractivity contribution in [3.8, 4) is 17.4 Å². The van der Waals surface area contributed by atoms with Crippen LogP contribution in [0.2, 0.25) is 0 Å². The van der Waals surface area contributed by atoms with Crippen LogP contribution in [0.3, 0.4) is 0 Å². The quantitative estimate of drug-likeness (QED) is 0.896. The summed E-state index contributed by atoms with van der Waals surface area (Å²) in [6, 6.07) is 3.50. The SMILES string of the molecule is CCC1(c2nc(-c3ccc(OC)nn3)no2)CCNC1. The van der Waals surface area contributed by atoms with Crippen molar-refractivity contribution in [2.45, 2.75) is 25.2 Å². The summed E-state index contributed by atoms with van der Waals surface area (Å²) in [5.74, 6) is 1.61. The van der Waals surface area contributed by atoms with Crippen molar-refractivity contribution in [1.82, 2.24) is 25.7 Å². The fraction of sp³-hybridized carbons (Fsp3) is 0.538. The van der Waals surface area contributed by atoms with Crippen LogP contribution in [0.1, 0.15) is 25.7 Å². The highest BCUT2D eigenvalue weighted by Crippen LogP contribution is 2.33. The van der Waals surface area contributed by atoms with Crippen LogP contribution in [-0.2, 0) is 5.41 Å². The third kappa shape index (κ3) is 2.14. The Morgan fingerprint density at radius 3 is 2.90 bits per heavy atom. The molecular weight excluding hydrogens is 258 g/mol. The first-order valence-electron chi connectivity index (χ1n) is 6.70. The molecule has 1 aliphatic rings. The molecule has 0 spiro atoms. The number of hydrogen-bond acceptors (Lipinski definition) is 7. The molecule has 1 fully saturated rings. The third-order valence-corrected chi connectivity index (χ3v) is 3.88. The van der Waals surface area contributed by atoms with Crippen LogP contribution in [0, 0.1) is 0 Å². The predicted octanol–water partition coefficient (Wildman–Crippen LogP) is 1.18. The number of methoxy groups -OCH3 is 1. The van der Waals surface area contributed by atoms with Gasteiger partial charge in [0.05, 0.1) is 12.5 Å². The van der Waals surface area contributed by atoms with Gasteiger partial charge in [-0.1, -0.05) is 12.1 Å². The Bertz CT molecular complexity index is 575. The van der Waals surface area contributed by atoms with Crippen molar-refractivity contribution in [2.75, 3.05) is 20.2 Å². The molecule has 1 unspecified atom stereocenters. The highest BCUT2D eigenvalue weighted by molar-refractivity contribution is 5.47. The minimum absolute atomic E-state index is 0.0504. The molecular formula is C13H17N5O2. The van der Waals surface area contributed by atoms with Gasteiger partial charge >= 0.3 is 0 Å². The predicted molar refractivity (Wildman–Crippen MR) is 71.3 cm³/mol. The topological polar surface area (TPSA) is 86.0 Å². The van der Waals surface area contributed by atoms with Crippen LogP contribution in [0.15, 0.2) is 16.7 Å². The second kappa shape index (κ2) is 5.16. The Morgan fingerprint density at radius 1 is 1.40 bits per heavy atom. The Morgan fingerprint density at radius 2 is 2.30 bits per heavy atom. The van der Waals surface area contributed by atoms with Crippen LogP contribution in [0.25, 0.3) is 11.5 Å². The molecule has 0 aromatic carbocycles. The highest BCUT2D eigenvalue weighted by Gasteiger charge is 2.39. The second-order valence-corrected chi connectivity index (χ2v) is 4.94. The Hall–Kier alpha value is -2.02. The van der Waals surface area contributed by atoms with E-state index < -0.39 is 0 Å². The van der Waals surface area contributed by atoms with Gasteiger partial charge in [-0.25, -0.2) is 0 Å². The molecule has 1 aliphatic heterocycles. The van der Waals surface area contributed by atoms with E-state index in [1.807, 2.05) is 0 Å². The number of rotatable bonds is 4. The number of nitrogens with zero attached hydrogens (tertiary/aromatic N) is 4. The van der Waals surface area contributed by atoms with Crippen molar-refractivity contribution in [2.24, 2.45) is 0 Å². The average molecular weight is 275 g/mol.